The lowest BCUT2D eigenvalue weighted by molar-refractivity contribution is -0.144. The Morgan fingerprint density at radius 3 is 0.934 bits per heavy atom. The Kier molecular flexibility index (Phi) is 27.0. The van der Waals surface area contributed by atoms with E-state index >= 15 is 0 Å². The number of ether oxygens (including phenoxy) is 19. The van der Waals surface area contributed by atoms with Crippen LogP contribution in [-0.2, 0) is 43.6 Å². The fourth-order valence-corrected chi connectivity index (χ4v) is 17.3. The molecule has 648 valence electrons. The summed E-state index contributed by atoms with van der Waals surface area (Å²) < 4.78 is 108. The second-order valence-corrected chi connectivity index (χ2v) is 30.7. The van der Waals surface area contributed by atoms with Crippen molar-refractivity contribution in [2.24, 2.45) is 0 Å². The largest absolute Gasteiger partial charge is 0.493 e. The summed E-state index contributed by atoms with van der Waals surface area (Å²) in [6.07, 6.45) is 3.75. The first-order valence-electron chi connectivity index (χ1n) is 41.5. The molecule has 9 aliphatic rings. The minimum Gasteiger partial charge on any atom is -0.493 e. The number of hydrogen-bond acceptors (Lipinski definition) is 29. The molecule has 9 heterocycles. The zero-order valence-electron chi connectivity index (χ0n) is 70.2. The van der Waals surface area contributed by atoms with Crippen molar-refractivity contribution in [1.82, 2.24) is 29.4 Å². The van der Waals surface area contributed by atoms with Crippen LogP contribution in [0.25, 0.3) is 65.7 Å². The van der Waals surface area contributed by atoms with E-state index in [0.29, 0.717) is 141 Å². The average molecular weight is 1680 g/mol. The fraction of sp³-hybridized carbons (Fsp3) is 0.441. The number of hydrogen-bond donors (Lipinski definition) is 0. The first-order chi connectivity index (χ1) is 59.2. The molecule has 9 aliphatic heterocycles. The molecule has 9 aromatic rings. The van der Waals surface area contributed by atoms with Gasteiger partial charge in [0.05, 0.1) is 92.3 Å². The molecule has 0 saturated carbocycles. The van der Waals surface area contributed by atoms with Gasteiger partial charge in [0.25, 0.3) is 0 Å². The van der Waals surface area contributed by atoms with Crippen LogP contribution < -0.4 is 71.1 Å². The highest BCUT2D eigenvalue weighted by Gasteiger charge is 2.38. The quantitative estimate of drug-likeness (QED) is 0.0239. The Morgan fingerprint density at radius 2 is 0.631 bits per heavy atom. The predicted octanol–water partition coefficient (Wildman–Crippen LogP) is 13.2. The number of esters is 4. The van der Waals surface area contributed by atoms with Gasteiger partial charge in [-0.1, -0.05) is 32.5 Å². The Labute approximate surface area is 710 Å². The number of carbonyl (C=O) groups excluding carboxylic acids is 4. The molecule has 18 rings (SSSR count). The number of cyclic esters (lactones) is 3. The SMILES string of the molecule is C.CCCN1CCN(CCCOc2c3c(c(-c4ccc5c(c4)OCO5)c4cc(OC)c(OC)cc24)C(=O)OC3)CC1.CCOC(=O)CN1CCN(CCCOc2c3c(c(-c4ccc5c(c4)OCO5)c4cc(OC)c(OC)cc24)C(=O)OC3)CC1.COc1cc2c(OCCCN3CCN(C)CC3)c3c(c(-c4ccc5c(c4)OCO5)c2cc1OC)C(=O)OC3. The second-order valence-electron chi connectivity index (χ2n) is 30.7. The summed E-state index contributed by atoms with van der Waals surface area (Å²) in [5.74, 6) is 7.94. The Hall–Kier alpha value is -11.6. The molecule has 0 bridgehead atoms. The van der Waals surface area contributed by atoms with Crippen molar-refractivity contribution in [2.45, 2.75) is 66.8 Å². The van der Waals surface area contributed by atoms with E-state index in [1.54, 1.807) is 42.7 Å². The minimum absolute atomic E-state index is 0. The average Bonchev–Trinajstić information content (AvgIpc) is 1.40. The van der Waals surface area contributed by atoms with Gasteiger partial charge < -0.3 is 114 Å². The molecule has 3 fully saturated rings. The molecule has 3 saturated heterocycles. The van der Waals surface area contributed by atoms with E-state index in [-0.39, 0.29) is 65.5 Å². The Morgan fingerprint density at radius 1 is 0.344 bits per heavy atom. The lowest BCUT2D eigenvalue weighted by Gasteiger charge is -2.34. The van der Waals surface area contributed by atoms with Gasteiger partial charge in [-0.15, -0.1) is 0 Å². The van der Waals surface area contributed by atoms with Crippen molar-refractivity contribution in [3.63, 3.8) is 0 Å². The van der Waals surface area contributed by atoms with Crippen LogP contribution in [0.1, 0.15) is 94.7 Å². The van der Waals surface area contributed by atoms with Gasteiger partial charge in [-0.05, 0) is 152 Å². The number of methoxy groups -OCH3 is 6. The van der Waals surface area contributed by atoms with Gasteiger partial charge in [0.2, 0.25) is 20.4 Å². The maximum atomic E-state index is 13.2. The topological polar surface area (TPSA) is 263 Å². The highest BCUT2D eigenvalue weighted by atomic mass is 16.7. The number of nitrogens with zero attached hydrogens (tertiary/aromatic N) is 6. The molecule has 29 heteroatoms. The standard InChI is InChI=1S/C32H36N2O9.C31H36N2O7.C29H32N2O7.CH4/c1-4-39-28(35)17-34-11-9-33(10-12-34)8-5-13-40-31-22-16-26(38-3)25(37-2)15-21(22)29(30-23(31)18-41-32(30)36)20-6-7-24-27(14-20)43-19-42-24;1-4-8-32-10-12-33(13-11-32)9-5-14-37-30-22-17-26(36-3)25(35-2)16-21(22)28(29-23(30)18-38-31(29)34)20-6-7-24-27(15-20)40-19-39-24;1-30-8-10-31(11-9-30)7-4-12-35-28-20-15-24(34-3)23(33-2)14-19(20)26(27-21(28)16-36-29(27)32)18-5-6-22-25(13-18)38-17-37-22;/h6-7,14-16H,4-5,8-13,17-19H2,1-3H3;6-7,15-17H,4-5,8-14,18-19H2,1-3H3;5-6,13-15H,4,7-12,16-17H2,1-3H3;1H4. The first-order valence-corrected chi connectivity index (χ1v) is 41.5. The Bertz CT molecular complexity index is 5370. The molecule has 0 spiro atoms. The number of likely N-dealkylation sites (N-methyl/N-ethyl adjacent to an activating group) is 1. The van der Waals surface area contributed by atoms with Gasteiger partial charge >= 0.3 is 23.9 Å². The van der Waals surface area contributed by atoms with Crippen molar-refractivity contribution in [2.75, 3.05) is 208 Å². The number of rotatable bonds is 29. The van der Waals surface area contributed by atoms with E-state index in [0.717, 1.165) is 194 Å². The first kappa shape index (κ1) is 85.4. The molecule has 0 atom stereocenters. The van der Waals surface area contributed by atoms with Crippen LogP contribution in [0.15, 0.2) is 91.0 Å². The molecular formula is C93H108N6O23. The molecule has 9 aromatic carbocycles. The summed E-state index contributed by atoms with van der Waals surface area (Å²) in [6, 6.07) is 28.5. The number of fused-ring (bicyclic) bond motifs is 9. The van der Waals surface area contributed by atoms with Gasteiger partial charge in [-0.2, -0.15) is 0 Å². The van der Waals surface area contributed by atoms with E-state index in [4.69, 9.17) is 90.0 Å². The zero-order chi connectivity index (χ0) is 83.8. The lowest BCUT2D eigenvalue weighted by Crippen LogP contribution is -2.48. The summed E-state index contributed by atoms with van der Waals surface area (Å²) in [7, 11) is 11.8. The molecule has 29 nitrogen and oxygen atoms in total. The highest BCUT2D eigenvalue weighted by molar-refractivity contribution is 6.17. The number of benzene rings is 9. The van der Waals surface area contributed by atoms with Crippen molar-refractivity contribution in [3.8, 4) is 120 Å². The molecule has 0 aliphatic carbocycles. The van der Waals surface area contributed by atoms with Crippen LogP contribution in [0.3, 0.4) is 0 Å². The van der Waals surface area contributed by atoms with Gasteiger partial charge in [-0.3, -0.25) is 9.69 Å². The molecule has 122 heavy (non-hydrogen) atoms. The van der Waals surface area contributed by atoms with E-state index < -0.39 is 5.97 Å². The van der Waals surface area contributed by atoms with Gasteiger partial charge in [-0.25, -0.2) is 14.4 Å². The van der Waals surface area contributed by atoms with Crippen LogP contribution in [0.2, 0.25) is 0 Å². The van der Waals surface area contributed by atoms with Crippen molar-refractivity contribution in [3.05, 3.63) is 124 Å². The van der Waals surface area contributed by atoms with Gasteiger partial charge in [0.1, 0.15) is 37.1 Å². The highest BCUT2D eigenvalue weighted by Crippen LogP contribution is 2.54. The second kappa shape index (κ2) is 38.6. The fourth-order valence-electron chi connectivity index (χ4n) is 17.3. The van der Waals surface area contributed by atoms with Crippen LogP contribution >= 0.6 is 0 Å². The van der Waals surface area contributed by atoms with E-state index in [9.17, 15) is 19.2 Å². The molecule has 0 amide bonds. The smallest absolute Gasteiger partial charge is 0.339 e. The third kappa shape index (κ3) is 17.8. The third-order valence-corrected chi connectivity index (χ3v) is 23.5. The summed E-state index contributed by atoms with van der Waals surface area (Å²) in [4.78, 5) is 65.7. The number of carbonyl (C=O) groups is 4. The van der Waals surface area contributed by atoms with Crippen molar-refractivity contribution in [1.29, 1.82) is 0 Å². The van der Waals surface area contributed by atoms with Gasteiger partial charge in [0, 0.05) is 148 Å². The molecule has 0 N–H and O–H groups in total. The monoisotopic (exact) mass is 1680 g/mol. The van der Waals surface area contributed by atoms with Crippen LogP contribution in [0.4, 0.5) is 0 Å². The summed E-state index contributed by atoms with van der Waals surface area (Å²) in [5, 5.41) is 4.89. The van der Waals surface area contributed by atoms with E-state index in [2.05, 4.69) is 43.4 Å². The summed E-state index contributed by atoms with van der Waals surface area (Å²) >= 11 is 0. The van der Waals surface area contributed by atoms with Gasteiger partial charge in [0.15, 0.2) is 69.0 Å². The summed E-state index contributed by atoms with van der Waals surface area (Å²) in [5.41, 5.74) is 8.39. The van der Waals surface area contributed by atoms with Crippen LogP contribution in [0, 0.1) is 0 Å². The number of piperazine rings is 3. The maximum Gasteiger partial charge on any atom is 0.339 e. The normalized spacial score (nSPS) is 16.5. The summed E-state index contributed by atoms with van der Waals surface area (Å²) in [6.45, 7) is 23.3. The zero-order valence-corrected chi connectivity index (χ0v) is 70.2. The van der Waals surface area contributed by atoms with Crippen molar-refractivity contribution >= 4 is 56.2 Å². The maximum absolute atomic E-state index is 13.2. The molecular weight excluding hydrogens is 1570 g/mol. The molecule has 0 radical (unpaired) electrons. The molecule has 0 aromatic heterocycles. The van der Waals surface area contributed by atoms with E-state index in [1.807, 2.05) is 97.9 Å². The molecule has 0 unspecified atom stereocenters. The minimum atomic E-state index is -0.398. The lowest BCUT2D eigenvalue weighted by atomic mass is 9.89. The van der Waals surface area contributed by atoms with E-state index in [1.165, 1.54) is 13.0 Å². The van der Waals surface area contributed by atoms with Crippen LogP contribution in [0.5, 0.6) is 86.2 Å². The van der Waals surface area contributed by atoms with Crippen molar-refractivity contribution < 1.29 is 109 Å². The Balaban J connectivity index is 0.000000142. The van der Waals surface area contributed by atoms with Crippen LogP contribution in [-0.4, -0.2) is 261 Å². The predicted molar refractivity (Wildman–Crippen MR) is 457 cm³/mol. The third-order valence-electron chi connectivity index (χ3n) is 23.5.